The number of amides is 2. The molecule has 0 saturated heterocycles. The maximum Gasteiger partial charge on any atom is 0.315 e. The van der Waals surface area contributed by atoms with Crippen molar-refractivity contribution < 1.29 is 9.90 Å². The van der Waals surface area contributed by atoms with Gasteiger partial charge in [0.1, 0.15) is 5.60 Å². The summed E-state index contributed by atoms with van der Waals surface area (Å²) in [5.41, 5.74) is 2.84. The van der Waals surface area contributed by atoms with Crippen LogP contribution in [0.15, 0.2) is 84.9 Å². The van der Waals surface area contributed by atoms with Crippen LogP contribution in [0, 0.1) is 0 Å². The monoisotopic (exact) mass is 360 g/mol. The van der Waals surface area contributed by atoms with Gasteiger partial charge in [-0.1, -0.05) is 84.9 Å². The van der Waals surface area contributed by atoms with Gasteiger partial charge < -0.3 is 15.7 Å². The second-order valence-corrected chi connectivity index (χ2v) is 6.74. The van der Waals surface area contributed by atoms with E-state index in [0.717, 1.165) is 22.3 Å². The molecule has 3 N–H and O–H groups in total. The van der Waals surface area contributed by atoms with Crippen LogP contribution >= 0.6 is 0 Å². The number of carbonyl (C=O) groups excluding carboxylic acids is 1. The zero-order chi connectivity index (χ0) is 19.1. The molecule has 0 saturated carbocycles. The van der Waals surface area contributed by atoms with Gasteiger partial charge >= 0.3 is 6.03 Å². The zero-order valence-corrected chi connectivity index (χ0v) is 15.4. The Balaban J connectivity index is 1.55. The largest absolute Gasteiger partial charge is 0.384 e. The molecular weight excluding hydrogens is 336 g/mol. The summed E-state index contributed by atoms with van der Waals surface area (Å²) in [6, 6.07) is 27.2. The topological polar surface area (TPSA) is 61.4 Å². The van der Waals surface area contributed by atoms with E-state index < -0.39 is 5.60 Å². The van der Waals surface area contributed by atoms with Crippen molar-refractivity contribution in [3.05, 3.63) is 96.1 Å². The lowest BCUT2D eigenvalue weighted by molar-refractivity contribution is 0.0594. The summed E-state index contributed by atoms with van der Waals surface area (Å²) in [4.78, 5) is 12.0. The van der Waals surface area contributed by atoms with Crippen molar-refractivity contribution in [1.29, 1.82) is 0 Å². The molecule has 4 nitrogen and oxygen atoms in total. The van der Waals surface area contributed by atoms with E-state index in [1.165, 1.54) is 0 Å². The lowest BCUT2D eigenvalue weighted by Crippen LogP contribution is -2.43. The van der Waals surface area contributed by atoms with Crippen LogP contribution in [0.5, 0.6) is 0 Å². The maximum atomic E-state index is 12.0. The molecular formula is C23H24N2O2. The van der Waals surface area contributed by atoms with Crippen molar-refractivity contribution in [3.8, 4) is 11.1 Å². The molecule has 1 atom stereocenters. The number of rotatable bonds is 6. The van der Waals surface area contributed by atoms with Crippen molar-refractivity contribution in [3.63, 3.8) is 0 Å². The molecule has 0 radical (unpaired) electrons. The molecule has 0 aliphatic heterocycles. The minimum Gasteiger partial charge on any atom is -0.384 e. The molecule has 138 valence electrons. The highest BCUT2D eigenvalue weighted by Crippen LogP contribution is 2.24. The van der Waals surface area contributed by atoms with Gasteiger partial charge in [-0.2, -0.15) is 0 Å². The average Bonchev–Trinajstić information content (AvgIpc) is 2.72. The van der Waals surface area contributed by atoms with Gasteiger partial charge in [-0.15, -0.1) is 0 Å². The molecule has 2 amide bonds. The molecule has 3 aromatic carbocycles. The summed E-state index contributed by atoms with van der Waals surface area (Å²) in [6.45, 7) is 2.26. The lowest BCUT2D eigenvalue weighted by Gasteiger charge is -2.24. The van der Waals surface area contributed by atoms with Gasteiger partial charge in [-0.25, -0.2) is 4.79 Å². The van der Waals surface area contributed by atoms with Crippen LogP contribution in [-0.2, 0) is 12.1 Å². The number of hydrogen-bond acceptors (Lipinski definition) is 2. The van der Waals surface area contributed by atoms with Gasteiger partial charge in [0.05, 0.1) is 6.54 Å². The van der Waals surface area contributed by atoms with Gasteiger partial charge in [0.15, 0.2) is 0 Å². The van der Waals surface area contributed by atoms with E-state index >= 15 is 0 Å². The summed E-state index contributed by atoms with van der Waals surface area (Å²) in [5.74, 6) is 0. The quantitative estimate of drug-likeness (QED) is 0.621. The smallest absolute Gasteiger partial charge is 0.315 e. The number of nitrogens with one attached hydrogen (secondary N) is 2. The van der Waals surface area contributed by atoms with Crippen LogP contribution in [-0.4, -0.2) is 17.7 Å². The minimum absolute atomic E-state index is 0.123. The highest BCUT2D eigenvalue weighted by molar-refractivity contribution is 5.74. The fourth-order valence-corrected chi connectivity index (χ4v) is 2.85. The second kappa shape index (κ2) is 8.52. The summed E-state index contributed by atoms with van der Waals surface area (Å²) in [5, 5.41) is 16.3. The first kappa shape index (κ1) is 18.7. The van der Waals surface area contributed by atoms with Crippen LogP contribution < -0.4 is 10.6 Å². The number of urea groups is 1. The van der Waals surface area contributed by atoms with Crippen molar-refractivity contribution in [2.45, 2.75) is 19.1 Å². The van der Waals surface area contributed by atoms with E-state index in [9.17, 15) is 9.90 Å². The van der Waals surface area contributed by atoms with Crippen LogP contribution in [0.3, 0.4) is 0 Å². The summed E-state index contributed by atoms with van der Waals surface area (Å²) < 4.78 is 0. The molecule has 0 aliphatic rings. The lowest BCUT2D eigenvalue weighted by atomic mass is 9.94. The Bertz CT molecular complexity index is 860. The highest BCUT2D eigenvalue weighted by Gasteiger charge is 2.23. The molecule has 0 spiro atoms. The van der Waals surface area contributed by atoms with E-state index in [4.69, 9.17) is 0 Å². The van der Waals surface area contributed by atoms with E-state index in [2.05, 4.69) is 10.6 Å². The second-order valence-electron chi connectivity index (χ2n) is 6.74. The molecule has 3 rings (SSSR count). The molecule has 0 aromatic heterocycles. The predicted molar refractivity (Wildman–Crippen MR) is 108 cm³/mol. The molecule has 0 aliphatic carbocycles. The third-order valence-corrected chi connectivity index (χ3v) is 4.50. The number of carbonyl (C=O) groups is 1. The minimum atomic E-state index is -1.15. The summed E-state index contributed by atoms with van der Waals surface area (Å²) in [7, 11) is 0. The molecule has 0 bridgehead atoms. The van der Waals surface area contributed by atoms with E-state index in [-0.39, 0.29) is 12.6 Å². The fraction of sp³-hybridized carbons (Fsp3) is 0.174. The van der Waals surface area contributed by atoms with Crippen LogP contribution in [0.2, 0.25) is 0 Å². The number of benzene rings is 3. The van der Waals surface area contributed by atoms with Gasteiger partial charge in [0.25, 0.3) is 0 Å². The van der Waals surface area contributed by atoms with Gasteiger partial charge in [-0.3, -0.25) is 0 Å². The molecule has 1 unspecified atom stereocenters. The Morgan fingerprint density at radius 3 is 2.00 bits per heavy atom. The number of hydrogen-bond donors (Lipinski definition) is 3. The van der Waals surface area contributed by atoms with E-state index in [0.29, 0.717) is 6.54 Å². The predicted octanol–water partition coefficient (Wildman–Crippen LogP) is 4.06. The third kappa shape index (κ3) is 5.19. The van der Waals surface area contributed by atoms with E-state index in [1.54, 1.807) is 6.92 Å². The molecule has 27 heavy (non-hydrogen) atoms. The first-order valence-electron chi connectivity index (χ1n) is 8.98. The van der Waals surface area contributed by atoms with Crippen molar-refractivity contribution >= 4 is 6.03 Å². The van der Waals surface area contributed by atoms with Crippen molar-refractivity contribution in [2.24, 2.45) is 0 Å². The Hall–Kier alpha value is -3.11. The van der Waals surface area contributed by atoms with Crippen molar-refractivity contribution in [2.75, 3.05) is 6.54 Å². The average molecular weight is 360 g/mol. The molecule has 0 fully saturated rings. The normalized spacial score (nSPS) is 12.8. The summed E-state index contributed by atoms with van der Waals surface area (Å²) in [6.07, 6.45) is 0. The Kier molecular flexibility index (Phi) is 5.89. The molecule has 4 heteroatoms. The maximum absolute atomic E-state index is 12.0. The fourth-order valence-electron chi connectivity index (χ4n) is 2.85. The van der Waals surface area contributed by atoms with Gasteiger partial charge in [0, 0.05) is 6.54 Å². The summed E-state index contributed by atoms with van der Waals surface area (Å²) >= 11 is 0. The molecule has 3 aromatic rings. The van der Waals surface area contributed by atoms with Crippen LogP contribution in [0.25, 0.3) is 11.1 Å². The zero-order valence-electron chi connectivity index (χ0n) is 15.4. The standard InChI is InChI=1S/C23H24N2O2/c1-23(27,17-25-22(26)24-16-18-8-4-2-5-9-18)21-14-12-20(13-15-21)19-10-6-3-7-11-19/h2-15,27H,16-17H2,1H3,(H2,24,25,26). The number of aliphatic hydroxyl groups is 1. The van der Waals surface area contributed by atoms with Crippen LogP contribution in [0.4, 0.5) is 4.79 Å². The third-order valence-electron chi connectivity index (χ3n) is 4.50. The molecule has 0 heterocycles. The first-order valence-corrected chi connectivity index (χ1v) is 8.98. The Labute approximate surface area is 159 Å². The van der Waals surface area contributed by atoms with Crippen molar-refractivity contribution in [1.82, 2.24) is 10.6 Å². The Morgan fingerprint density at radius 2 is 1.37 bits per heavy atom. The van der Waals surface area contributed by atoms with Gasteiger partial charge in [0.2, 0.25) is 0 Å². The van der Waals surface area contributed by atoms with Gasteiger partial charge in [-0.05, 0) is 29.2 Å². The van der Waals surface area contributed by atoms with E-state index in [1.807, 2.05) is 84.9 Å². The highest BCUT2D eigenvalue weighted by atomic mass is 16.3. The Morgan fingerprint density at radius 1 is 0.815 bits per heavy atom. The SMILES string of the molecule is CC(O)(CNC(=O)NCc1ccccc1)c1ccc(-c2ccccc2)cc1. The first-order chi connectivity index (χ1) is 13.0. The van der Waals surface area contributed by atoms with Crippen LogP contribution in [0.1, 0.15) is 18.1 Å².